The van der Waals surface area contributed by atoms with E-state index in [-0.39, 0.29) is 0 Å². The molecule has 0 saturated heterocycles. The van der Waals surface area contributed by atoms with Crippen LogP contribution in [-0.2, 0) is 6.54 Å². The molecule has 17 heavy (non-hydrogen) atoms. The Morgan fingerprint density at radius 2 is 2.18 bits per heavy atom. The van der Waals surface area contributed by atoms with E-state index in [0.29, 0.717) is 6.04 Å². The van der Waals surface area contributed by atoms with Gasteiger partial charge in [-0.05, 0) is 37.9 Å². The van der Waals surface area contributed by atoms with Crippen LogP contribution in [-0.4, -0.2) is 32.1 Å². The molecule has 96 valence electrons. The van der Waals surface area contributed by atoms with Crippen LogP contribution in [0.1, 0.15) is 12.5 Å². The third kappa shape index (κ3) is 4.19. The molecule has 0 aliphatic heterocycles. The monoisotopic (exact) mass is 316 g/mol. The van der Waals surface area contributed by atoms with Gasteiger partial charge in [-0.2, -0.15) is 11.8 Å². The van der Waals surface area contributed by atoms with Gasteiger partial charge in [0.2, 0.25) is 0 Å². The summed E-state index contributed by atoms with van der Waals surface area (Å²) in [6.07, 6.45) is 2.15. The largest absolute Gasteiger partial charge is 0.371 e. The molecule has 1 aromatic rings. The Kier molecular flexibility index (Phi) is 6.38. The number of nitrogens with zero attached hydrogens (tertiary/aromatic N) is 1. The predicted molar refractivity (Wildman–Crippen MR) is 83.2 cm³/mol. The lowest BCUT2D eigenvalue weighted by molar-refractivity contribution is 0.763. The van der Waals surface area contributed by atoms with E-state index in [0.717, 1.165) is 12.3 Å². The van der Waals surface area contributed by atoms with Gasteiger partial charge in [-0.3, -0.25) is 0 Å². The molecular formula is C13H21BrN2S. The molecule has 4 heteroatoms. The summed E-state index contributed by atoms with van der Waals surface area (Å²) in [6.45, 7) is 3.15. The van der Waals surface area contributed by atoms with Crippen molar-refractivity contribution in [2.24, 2.45) is 0 Å². The summed E-state index contributed by atoms with van der Waals surface area (Å²) in [5.41, 5.74) is 2.56. The molecule has 0 aliphatic carbocycles. The minimum Gasteiger partial charge on any atom is -0.371 e. The maximum atomic E-state index is 3.63. The highest BCUT2D eigenvalue weighted by molar-refractivity contribution is 9.10. The van der Waals surface area contributed by atoms with Crippen LogP contribution in [0.15, 0.2) is 22.7 Å². The Bertz CT molecular complexity index is 357. The first-order chi connectivity index (χ1) is 8.10. The lowest BCUT2D eigenvalue weighted by Crippen LogP contribution is -2.30. The first-order valence-electron chi connectivity index (χ1n) is 5.75. The van der Waals surface area contributed by atoms with Gasteiger partial charge in [0.05, 0.1) is 0 Å². The van der Waals surface area contributed by atoms with Crippen LogP contribution in [0.5, 0.6) is 0 Å². The summed E-state index contributed by atoms with van der Waals surface area (Å²) in [7, 11) is 4.12. The molecule has 1 unspecified atom stereocenters. The molecule has 1 rings (SSSR count). The summed E-state index contributed by atoms with van der Waals surface area (Å²) >= 11 is 5.52. The number of hydrogen-bond donors (Lipinski definition) is 1. The number of nitrogens with one attached hydrogen (secondary N) is 1. The van der Waals surface area contributed by atoms with Crippen molar-refractivity contribution in [2.45, 2.75) is 19.5 Å². The minimum absolute atomic E-state index is 0.548. The van der Waals surface area contributed by atoms with E-state index in [1.54, 1.807) is 0 Å². The minimum atomic E-state index is 0.548. The Morgan fingerprint density at radius 3 is 2.71 bits per heavy atom. The summed E-state index contributed by atoms with van der Waals surface area (Å²) in [5.74, 6) is 1.15. The molecule has 0 bridgehead atoms. The van der Waals surface area contributed by atoms with Crippen LogP contribution in [0, 0.1) is 0 Å². The van der Waals surface area contributed by atoms with Gasteiger partial charge in [-0.15, -0.1) is 0 Å². The summed E-state index contributed by atoms with van der Waals surface area (Å²) in [6, 6.07) is 7.11. The number of rotatable bonds is 6. The van der Waals surface area contributed by atoms with Crippen molar-refractivity contribution in [2.75, 3.05) is 31.0 Å². The highest BCUT2D eigenvalue weighted by atomic mass is 79.9. The second kappa shape index (κ2) is 7.29. The van der Waals surface area contributed by atoms with Crippen LogP contribution >= 0.6 is 27.7 Å². The van der Waals surface area contributed by atoms with Crippen molar-refractivity contribution in [3.05, 3.63) is 28.2 Å². The van der Waals surface area contributed by atoms with Gasteiger partial charge in [-0.1, -0.05) is 22.0 Å². The number of anilines is 1. The summed E-state index contributed by atoms with van der Waals surface area (Å²) in [4.78, 5) is 2.32. The van der Waals surface area contributed by atoms with Crippen LogP contribution in [0.4, 0.5) is 5.69 Å². The predicted octanol–water partition coefficient (Wildman–Crippen LogP) is 3.36. The molecule has 1 aromatic carbocycles. The molecule has 2 nitrogen and oxygen atoms in total. The third-order valence-electron chi connectivity index (χ3n) is 2.88. The van der Waals surface area contributed by atoms with Crippen molar-refractivity contribution in [3.8, 4) is 0 Å². The van der Waals surface area contributed by atoms with Gasteiger partial charge >= 0.3 is 0 Å². The topological polar surface area (TPSA) is 15.3 Å². The second-order valence-electron chi connectivity index (χ2n) is 4.22. The average molecular weight is 317 g/mol. The summed E-state index contributed by atoms with van der Waals surface area (Å²) in [5, 5.41) is 3.17. The van der Waals surface area contributed by atoms with Crippen molar-refractivity contribution < 1.29 is 0 Å². The van der Waals surface area contributed by atoms with E-state index < -0.39 is 0 Å². The maximum absolute atomic E-state index is 3.63. The third-order valence-corrected chi connectivity index (χ3v) is 4.43. The highest BCUT2D eigenvalue weighted by Gasteiger charge is 2.10. The number of halogens is 1. The molecule has 1 N–H and O–H groups in total. The van der Waals surface area contributed by atoms with Gasteiger partial charge in [0, 0.05) is 35.5 Å². The fraction of sp³-hybridized carbons (Fsp3) is 0.538. The average Bonchev–Trinajstić information content (AvgIpc) is 2.31. The lowest BCUT2D eigenvalue weighted by Gasteiger charge is -2.27. The highest BCUT2D eigenvalue weighted by Crippen LogP contribution is 2.25. The molecule has 0 radical (unpaired) electrons. The number of hydrogen-bond acceptors (Lipinski definition) is 3. The number of benzene rings is 1. The van der Waals surface area contributed by atoms with Gasteiger partial charge in [0.1, 0.15) is 0 Å². The Labute approximate surface area is 117 Å². The van der Waals surface area contributed by atoms with Gasteiger partial charge in [0.15, 0.2) is 0 Å². The standard InChI is InChI=1S/C13H21BrN2S/c1-10(9-17-4)16(3)12-6-5-11(8-15-2)13(14)7-12/h5-7,10,15H,8-9H2,1-4H3. The molecule has 1 atom stereocenters. The molecule has 0 fully saturated rings. The van der Waals surface area contributed by atoms with E-state index in [2.05, 4.69) is 64.6 Å². The zero-order valence-corrected chi connectivity index (χ0v) is 13.4. The summed E-state index contributed by atoms with van der Waals surface area (Å²) < 4.78 is 1.17. The van der Waals surface area contributed by atoms with Gasteiger partial charge in [-0.25, -0.2) is 0 Å². The molecule has 0 aromatic heterocycles. The second-order valence-corrected chi connectivity index (χ2v) is 5.99. The smallest absolute Gasteiger partial charge is 0.0377 e. The number of thioether (sulfide) groups is 1. The van der Waals surface area contributed by atoms with Gasteiger partial charge in [0.25, 0.3) is 0 Å². The Hall–Kier alpha value is -0.190. The van der Waals surface area contributed by atoms with Crippen molar-refractivity contribution >= 4 is 33.4 Å². The molecular weight excluding hydrogens is 296 g/mol. The Balaban J connectivity index is 2.81. The molecule has 0 saturated carbocycles. The van der Waals surface area contributed by atoms with Gasteiger partial charge < -0.3 is 10.2 Å². The molecule has 0 heterocycles. The van der Waals surface area contributed by atoms with Crippen molar-refractivity contribution in [3.63, 3.8) is 0 Å². The van der Waals surface area contributed by atoms with Crippen molar-refractivity contribution in [1.82, 2.24) is 5.32 Å². The Morgan fingerprint density at radius 1 is 1.47 bits per heavy atom. The van der Waals surface area contributed by atoms with E-state index in [1.807, 2.05) is 18.8 Å². The fourth-order valence-electron chi connectivity index (χ4n) is 1.70. The molecule has 0 aliphatic rings. The zero-order chi connectivity index (χ0) is 12.8. The lowest BCUT2D eigenvalue weighted by atomic mass is 10.2. The van der Waals surface area contributed by atoms with E-state index in [1.165, 1.54) is 15.7 Å². The SMILES string of the molecule is CNCc1ccc(N(C)C(C)CSC)cc1Br. The van der Waals surface area contributed by atoms with E-state index in [4.69, 9.17) is 0 Å². The van der Waals surface area contributed by atoms with E-state index >= 15 is 0 Å². The van der Waals surface area contributed by atoms with Crippen LogP contribution in [0.3, 0.4) is 0 Å². The molecule has 0 amide bonds. The zero-order valence-electron chi connectivity index (χ0n) is 11.0. The first-order valence-corrected chi connectivity index (χ1v) is 7.93. The van der Waals surface area contributed by atoms with Crippen LogP contribution < -0.4 is 10.2 Å². The van der Waals surface area contributed by atoms with Crippen molar-refractivity contribution in [1.29, 1.82) is 0 Å². The quantitative estimate of drug-likeness (QED) is 0.866. The molecule has 0 spiro atoms. The van der Waals surface area contributed by atoms with Crippen LogP contribution in [0.25, 0.3) is 0 Å². The maximum Gasteiger partial charge on any atom is 0.0377 e. The van der Waals surface area contributed by atoms with Crippen LogP contribution in [0.2, 0.25) is 0 Å². The van der Waals surface area contributed by atoms with E-state index in [9.17, 15) is 0 Å². The normalized spacial score (nSPS) is 12.5. The fourth-order valence-corrected chi connectivity index (χ4v) is 2.91. The first kappa shape index (κ1) is 14.9.